The van der Waals surface area contributed by atoms with E-state index < -0.39 is 22.9 Å². The third-order valence-corrected chi connectivity index (χ3v) is 2.59. The molecule has 1 heterocycles. The Morgan fingerprint density at radius 1 is 1.56 bits per heavy atom. The fraction of sp³-hybridized carbons (Fsp3) is 0.286. The summed E-state index contributed by atoms with van der Waals surface area (Å²) >= 11 is 1.68. The van der Waals surface area contributed by atoms with Gasteiger partial charge in [-0.25, -0.2) is 0 Å². The Balaban J connectivity index is 3.25. The van der Waals surface area contributed by atoms with Gasteiger partial charge < -0.3 is 14.9 Å². The topological polar surface area (TPSA) is 65.3 Å². The van der Waals surface area contributed by atoms with Crippen molar-refractivity contribution in [3.05, 3.63) is 25.4 Å². The van der Waals surface area contributed by atoms with E-state index in [4.69, 9.17) is 0 Å². The maximum Gasteiger partial charge on any atom is 0.573 e. The Kier molecular flexibility index (Phi) is 3.55. The second-order valence-corrected chi connectivity index (χ2v) is 3.74. The molecule has 0 fully saturated rings. The number of halogens is 4. The fourth-order valence-electron chi connectivity index (χ4n) is 0.888. The second kappa shape index (κ2) is 4.39. The molecule has 0 spiro atoms. The van der Waals surface area contributed by atoms with Crippen LogP contribution in [0.1, 0.15) is 5.56 Å². The summed E-state index contributed by atoms with van der Waals surface area (Å²) in [6.45, 7) is 1.47. The minimum absolute atomic E-state index is 0.249. The number of alkyl halides is 3. The first kappa shape index (κ1) is 12.9. The van der Waals surface area contributed by atoms with E-state index in [2.05, 4.69) is 9.72 Å². The van der Waals surface area contributed by atoms with Gasteiger partial charge in [0.25, 0.3) is 0 Å². The largest absolute Gasteiger partial charge is 0.573 e. The Bertz CT molecular complexity index is 436. The molecule has 0 aliphatic heterocycles. The highest BCUT2D eigenvalue weighted by Gasteiger charge is 2.35. The van der Waals surface area contributed by atoms with Crippen LogP contribution in [0.15, 0.2) is 6.07 Å². The first-order valence-electron chi connectivity index (χ1n) is 3.78. The molecule has 9 heteroatoms. The molecule has 88 valence electrons. The number of hydrogen-bond acceptors (Lipinski definition) is 4. The molecule has 0 aromatic carbocycles. The molecule has 1 rings (SSSR count). The van der Waals surface area contributed by atoms with Gasteiger partial charge in [0.2, 0.25) is 9.45 Å². The number of ether oxygens (including phenoxy) is 1. The molecule has 0 unspecified atom stereocenters. The lowest BCUT2D eigenvalue weighted by Crippen LogP contribution is -2.18. The molecule has 1 aromatic heterocycles. The lowest BCUT2D eigenvalue weighted by atomic mass is 10.3. The molecule has 1 aromatic rings. The van der Waals surface area contributed by atoms with Crippen molar-refractivity contribution in [3.8, 4) is 5.75 Å². The summed E-state index contributed by atoms with van der Waals surface area (Å²) in [5.74, 6) is -1.86. The van der Waals surface area contributed by atoms with Crippen LogP contribution in [0, 0.1) is 20.7 Å². The van der Waals surface area contributed by atoms with Crippen molar-refractivity contribution in [2.24, 2.45) is 0 Å². The highest BCUT2D eigenvalue weighted by molar-refractivity contribution is 14.1. The highest BCUT2D eigenvalue weighted by atomic mass is 127. The van der Waals surface area contributed by atoms with Crippen molar-refractivity contribution >= 4 is 28.4 Å². The smallest absolute Gasteiger partial charge is 0.397 e. The zero-order valence-corrected chi connectivity index (χ0v) is 9.87. The van der Waals surface area contributed by atoms with E-state index in [1.165, 1.54) is 6.92 Å². The zero-order chi connectivity index (χ0) is 12.5. The van der Waals surface area contributed by atoms with Crippen molar-refractivity contribution in [3.63, 3.8) is 0 Å². The molecule has 0 aliphatic rings. The summed E-state index contributed by atoms with van der Waals surface area (Å²) in [6, 6.07) is 0.931. The number of aryl methyl sites for hydroxylation is 1. The minimum atomic E-state index is -4.98. The predicted octanol–water partition coefficient (Wildman–Crippen LogP) is 2.80. The Morgan fingerprint density at radius 2 is 2.12 bits per heavy atom. The lowest BCUT2D eigenvalue weighted by Gasteiger charge is -2.09. The van der Waals surface area contributed by atoms with E-state index in [1.54, 1.807) is 22.6 Å². The molecule has 0 N–H and O–H groups in total. The van der Waals surface area contributed by atoms with Crippen LogP contribution < -0.4 is 4.74 Å². The monoisotopic (exact) mass is 348 g/mol. The maximum atomic E-state index is 11.9. The van der Waals surface area contributed by atoms with Gasteiger partial charge in [-0.3, -0.25) is 0 Å². The molecule has 0 saturated heterocycles. The van der Waals surface area contributed by atoms with Crippen LogP contribution in [-0.2, 0) is 0 Å². The molecule has 0 saturated carbocycles. The van der Waals surface area contributed by atoms with Crippen LogP contribution in [0.25, 0.3) is 0 Å². The molecule has 16 heavy (non-hydrogen) atoms. The van der Waals surface area contributed by atoms with Gasteiger partial charge in [-0.2, -0.15) is 0 Å². The van der Waals surface area contributed by atoms with Gasteiger partial charge >= 0.3 is 12.2 Å². The molecule has 0 atom stereocenters. The van der Waals surface area contributed by atoms with Crippen LogP contribution in [0.4, 0.5) is 19.0 Å². The number of pyridine rings is 1. The van der Waals surface area contributed by atoms with Gasteiger partial charge in [0.1, 0.15) is 0 Å². The number of rotatable bonds is 2. The molecule has 0 aliphatic carbocycles. The van der Waals surface area contributed by atoms with Crippen molar-refractivity contribution in [2.75, 3.05) is 0 Å². The van der Waals surface area contributed by atoms with Crippen LogP contribution >= 0.6 is 22.6 Å². The summed E-state index contributed by atoms with van der Waals surface area (Å²) in [6.07, 6.45) is -4.98. The van der Waals surface area contributed by atoms with E-state index in [0.717, 1.165) is 6.07 Å². The molecule has 0 radical (unpaired) electrons. The number of aromatic nitrogens is 1. The van der Waals surface area contributed by atoms with E-state index in [0.29, 0.717) is 5.56 Å². The lowest BCUT2D eigenvalue weighted by molar-refractivity contribution is -0.393. The van der Waals surface area contributed by atoms with E-state index in [9.17, 15) is 23.3 Å². The van der Waals surface area contributed by atoms with Crippen molar-refractivity contribution in [2.45, 2.75) is 13.3 Å². The molecular formula is C7H4F3IN2O3. The average molecular weight is 348 g/mol. The van der Waals surface area contributed by atoms with Gasteiger partial charge in [-0.05, 0) is 22.9 Å². The zero-order valence-electron chi connectivity index (χ0n) is 7.71. The summed E-state index contributed by atoms with van der Waals surface area (Å²) in [5, 5.41) is 10.5. The van der Waals surface area contributed by atoms with E-state index in [1.807, 2.05) is 0 Å². The van der Waals surface area contributed by atoms with Crippen LogP contribution in [0.5, 0.6) is 5.75 Å². The standard InChI is InChI=1S/C7H4F3IN2O3/c1-3-2-4(16-7(8,9)10)6(13(14)15)12-5(3)11/h2H,1H3. The fourth-order valence-corrected chi connectivity index (χ4v) is 1.27. The maximum absolute atomic E-state index is 11.9. The average Bonchev–Trinajstić information content (AvgIpc) is 2.07. The first-order valence-corrected chi connectivity index (χ1v) is 4.86. The third kappa shape index (κ3) is 3.18. The normalized spacial score (nSPS) is 11.3. The summed E-state index contributed by atoms with van der Waals surface area (Å²) in [4.78, 5) is 12.9. The van der Waals surface area contributed by atoms with Gasteiger partial charge in [-0.15, -0.1) is 13.2 Å². The number of nitro groups is 1. The van der Waals surface area contributed by atoms with Gasteiger partial charge in [0.15, 0.2) is 0 Å². The van der Waals surface area contributed by atoms with Crippen LogP contribution in [0.2, 0.25) is 0 Å². The quantitative estimate of drug-likeness (QED) is 0.357. The third-order valence-electron chi connectivity index (χ3n) is 1.50. The van der Waals surface area contributed by atoms with Crippen LogP contribution in [-0.4, -0.2) is 16.3 Å². The van der Waals surface area contributed by atoms with E-state index >= 15 is 0 Å². The Labute approximate surface area is 101 Å². The Hall–Kier alpha value is -1.13. The summed E-state index contributed by atoms with van der Waals surface area (Å²) in [7, 11) is 0. The molecule has 0 amide bonds. The van der Waals surface area contributed by atoms with Crippen molar-refractivity contribution < 1.29 is 22.8 Å². The minimum Gasteiger partial charge on any atom is -0.397 e. The highest BCUT2D eigenvalue weighted by Crippen LogP contribution is 2.32. The molecular weight excluding hydrogens is 344 g/mol. The number of nitrogens with zero attached hydrogens (tertiary/aromatic N) is 2. The summed E-state index contributed by atoms with van der Waals surface area (Å²) in [5.41, 5.74) is 0.366. The number of hydrogen-bond donors (Lipinski definition) is 0. The molecule has 5 nitrogen and oxygen atoms in total. The van der Waals surface area contributed by atoms with Gasteiger partial charge in [0.05, 0.1) is 0 Å². The first-order chi connectivity index (χ1) is 7.20. The SMILES string of the molecule is Cc1cc(OC(F)(F)F)c([N+](=O)[O-])nc1I. The summed E-state index contributed by atoms with van der Waals surface area (Å²) < 4.78 is 39.6. The van der Waals surface area contributed by atoms with Crippen molar-refractivity contribution in [1.82, 2.24) is 4.98 Å². The van der Waals surface area contributed by atoms with Crippen LogP contribution in [0.3, 0.4) is 0 Å². The predicted molar refractivity (Wildman–Crippen MR) is 55.0 cm³/mol. The molecule has 0 bridgehead atoms. The Morgan fingerprint density at radius 3 is 2.56 bits per heavy atom. The van der Waals surface area contributed by atoms with Crippen molar-refractivity contribution in [1.29, 1.82) is 0 Å². The second-order valence-electron chi connectivity index (χ2n) is 2.72. The van der Waals surface area contributed by atoms with Gasteiger partial charge in [0, 0.05) is 28.2 Å². The van der Waals surface area contributed by atoms with E-state index in [-0.39, 0.29) is 3.70 Å². The van der Waals surface area contributed by atoms with Gasteiger partial charge in [-0.1, -0.05) is 0 Å².